The predicted molar refractivity (Wildman–Crippen MR) is 127 cm³/mol. The molecule has 1 amide bonds. The van der Waals surface area contributed by atoms with Crippen molar-refractivity contribution in [2.45, 2.75) is 24.5 Å². The molecule has 34 heavy (non-hydrogen) atoms. The SMILES string of the molecule is CC(C)(CNC(=O)CSc1nnc(-c2ccccc2)n1-c1ccc(F)cc1F)N1CCOCC1. The van der Waals surface area contributed by atoms with Gasteiger partial charge in [-0.15, -0.1) is 10.2 Å². The molecular formula is C24H27F2N5O2S. The van der Waals surface area contributed by atoms with Crippen LogP contribution in [0, 0.1) is 11.6 Å². The maximum absolute atomic E-state index is 14.7. The molecule has 2 aromatic carbocycles. The highest BCUT2D eigenvalue weighted by molar-refractivity contribution is 7.99. The first-order valence-electron chi connectivity index (χ1n) is 11.0. The van der Waals surface area contributed by atoms with E-state index >= 15 is 0 Å². The number of ether oxygens (including phenoxy) is 1. The minimum atomic E-state index is -0.740. The highest BCUT2D eigenvalue weighted by atomic mass is 32.2. The molecule has 0 spiro atoms. The second-order valence-corrected chi connectivity index (χ2v) is 9.52. The number of morpholine rings is 1. The van der Waals surface area contributed by atoms with Crippen molar-refractivity contribution in [3.05, 3.63) is 60.2 Å². The zero-order valence-corrected chi connectivity index (χ0v) is 19.9. The predicted octanol–water partition coefficient (Wildman–Crippen LogP) is 3.53. The maximum Gasteiger partial charge on any atom is 0.230 e. The summed E-state index contributed by atoms with van der Waals surface area (Å²) in [6.45, 7) is 7.69. The van der Waals surface area contributed by atoms with E-state index in [2.05, 4.69) is 34.3 Å². The van der Waals surface area contributed by atoms with E-state index in [1.165, 1.54) is 16.7 Å². The molecule has 4 rings (SSSR count). The van der Waals surface area contributed by atoms with Gasteiger partial charge in [0.1, 0.15) is 11.6 Å². The molecule has 1 aromatic heterocycles. The summed E-state index contributed by atoms with van der Waals surface area (Å²) in [4.78, 5) is 14.9. The standard InChI is InChI=1S/C24H27F2N5O2S/c1-24(2,30-10-12-33-13-11-30)16-27-21(32)15-34-23-29-28-22(17-6-4-3-5-7-17)31(23)20-9-8-18(25)14-19(20)26/h3-9,14H,10-13,15-16H2,1-2H3,(H,27,32). The summed E-state index contributed by atoms with van der Waals surface area (Å²) < 4.78 is 35.2. The second kappa shape index (κ2) is 10.6. The number of rotatable bonds is 8. The van der Waals surface area contributed by atoms with Gasteiger partial charge in [-0.1, -0.05) is 42.1 Å². The van der Waals surface area contributed by atoms with E-state index in [-0.39, 0.29) is 22.9 Å². The van der Waals surface area contributed by atoms with Crippen LogP contribution < -0.4 is 5.32 Å². The van der Waals surface area contributed by atoms with Gasteiger partial charge in [0.25, 0.3) is 0 Å². The van der Waals surface area contributed by atoms with Crippen LogP contribution in [-0.4, -0.2) is 69.7 Å². The van der Waals surface area contributed by atoms with Crippen LogP contribution in [0.2, 0.25) is 0 Å². The summed E-state index contributed by atoms with van der Waals surface area (Å²) in [5.74, 6) is -1.10. The number of carbonyl (C=O) groups is 1. The lowest BCUT2D eigenvalue weighted by atomic mass is 10.0. The number of amides is 1. The Morgan fingerprint density at radius 3 is 2.56 bits per heavy atom. The highest BCUT2D eigenvalue weighted by Gasteiger charge is 2.28. The van der Waals surface area contributed by atoms with Crippen molar-refractivity contribution in [3.63, 3.8) is 0 Å². The Labute approximate surface area is 201 Å². The number of carbonyl (C=O) groups excluding carboxylic acids is 1. The second-order valence-electron chi connectivity index (χ2n) is 8.58. The van der Waals surface area contributed by atoms with E-state index in [9.17, 15) is 13.6 Å². The van der Waals surface area contributed by atoms with Crippen molar-refractivity contribution in [1.29, 1.82) is 0 Å². The van der Waals surface area contributed by atoms with Gasteiger partial charge in [-0.25, -0.2) is 8.78 Å². The molecule has 0 unspecified atom stereocenters. The van der Waals surface area contributed by atoms with Gasteiger partial charge in [-0.3, -0.25) is 14.3 Å². The third-order valence-corrected chi connectivity index (χ3v) is 6.66. The Morgan fingerprint density at radius 1 is 1.12 bits per heavy atom. The average molecular weight is 488 g/mol. The topological polar surface area (TPSA) is 72.3 Å². The zero-order valence-electron chi connectivity index (χ0n) is 19.1. The Kier molecular flexibility index (Phi) is 7.60. The fourth-order valence-corrected chi connectivity index (χ4v) is 4.57. The Hall–Kier alpha value is -2.82. The number of nitrogens with one attached hydrogen (secondary N) is 1. The van der Waals surface area contributed by atoms with Crippen LogP contribution in [0.5, 0.6) is 0 Å². The molecule has 0 aliphatic carbocycles. The summed E-state index contributed by atoms with van der Waals surface area (Å²) in [7, 11) is 0. The summed E-state index contributed by atoms with van der Waals surface area (Å²) in [5.41, 5.74) is 0.630. The molecule has 7 nitrogen and oxygen atoms in total. The lowest BCUT2D eigenvalue weighted by Crippen LogP contribution is -2.55. The maximum atomic E-state index is 14.7. The number of aromatic nitrogens is 3. The van der Waals surface area contributed by atoms with Crippen molar-refractivity contribution < 1.29 is 18.3 Å². The molecule has 1 aliphatic heterocycles. The van der Waals surface area contributed by atoms with Crippen LogP contribution in [0.3, 0.4) is 0 Å². The van der Waals surface area contributed by atoms with E-state index in [1.54, 1.807) is 0 Å². The largest absolute Gasteiger partial charge is 0.379 e. The number of hydrogen-bond acceptors (Lipinski definition) is 6. The molecule has 3 aromatic rings. The molecular weight excluding hydrogens is 460 g/mol. The van der Waals surface area contributed by atoms with Crippen LogP contribution >= 0.6 is 11.8 Å². The first-order valence-corrected chi connectivity index (χ1v) is 12.0. The van der Waals surface area contributed by atoms with Gasteiger partial charge >= 0.3 is 0 Å². The highest BCUT2D eigenvalue weighted by Crippen LogP contribution is 2.29. The third-order valence-electron chi connectivity index (χ3n) is 5.73. The van der Waals surface area contributed by atoms with Gasteiger partial charge in [0, 0.05) is 36.8 Å². The van der Waals surface area contributed by atoms with Gasteiger partial charge in [0.2, 0.25) is 5.91 Å². The fourth-order valence-electron chi connectivity index (χ4n) is 3.79. The number of halogens is 2. The average Bonchev–Trinajstić information content (AvgIpc) is 3.26. The molecule has 0 radical (unpaired) electrons. The first-order chi connectivity index (χ1) is 16.3. The van der Waals surface area contributed by atoms with E-state index in [1.807, 2.05) is 30.3 Å². The number of hydrogen-bond donors (Lipinski definition) is 1. The summed E-state index contributed by atoms with van der Waals surface area (Å²) in [6, 6.07) is 12.5. The molecule has 0 atom stereocenters. The number of nitrogens with zero attached hydrogens (tertiary/aromatic N) is 4. The normalized spacial score (nSPS) is 14.8. The monoisotopic (exact) mass is 487 g/mol. The number of benzene rings is 2. The molecule has 1 saturated heterocycles. The van der Waals surface area contributed by atoms with Crippen LogP contribution in [0.4, 0.5) is 8.78 Å². The van der Waals surface area contributed by atoms with Gasteiger partial charge in [-0.2, -0.15) is 0 Å². The third kappa shape index (κ3) is 5.63. The van der Waals surface area contributed by atoms with E-state index in [0.717, 1.165) is 36.5 Å². The summed E-state index contributed by atoms with van der Waals surface area (Å²) in [5, 5.41) is 11.8. The quantitative estimate of drug-likeness (QED) is 0.490. The van der Waals surface area contributed by atoms with Gasteiger partial charge in [-0.05, 0) is 26.0 Å². The van der Waals surface area contributed by atoms with Crippen molar-refractivity contribution >= 4 is 17.7 Å². The zero-order chi connectivity index (χ0) is 24.1. The molecule has 2 heterocycles. The Morgan fingerprint density at radius 2 is 1.85 bits per heavy atom. The minimum Gasteiger partial charge on any atom is -0.379 e. The van der Waals surface area contributed by atoms with Crippen LogP contribution in [-0.2, 0) is 9.53 Å². The molecule has 10 heteroatoms. The van der Waals surface area contributed by atoms with Crippen molar-refractivity contribution in [2.75, 3.05) is 38.6 Å². The molecule has 1 aliphatic rings. The first kappa shape index (κ1) is 24.3. The molecule has 1 N–H and O–H groups in total. The van der Waals surface area contributed by atoms with Gasteiger partial charge in [0.15, 0.2) is 11.0 Å². The lowest BCUT2D eigenvalue weighted by molar-refractivity contribution is -0.119. The van der Waals surface area contributed by atoms with Crippen LogP contribution in [0.25, 0.3) is 17.1 Å². The smallest absolute Gasteiger partial charge is 0.230 e. The van der Waals surface area contributed by atoms with Crippen molar-refractivity contribution in [3.8, 4) is 17.1 Å². The van der Waals surface area contributed by atoms with Crippen molar-refractivity contribution in [2.24, 2.45) is 0 Å². The fraction of sp³-hybridized carbons (Fsp3) is 0.375. The summed E-state index contributed by atoms with van der Waals surface area (Å²) >= 11 is 1.15. The molecule has 180 valence electrons. The Bertz CT molecular complexity index is 1130. The van der Waals surface area contributed by atoms with E-state index in [0.29, 0.717) is 30.7 Å². The minimum absolute atomic E-state index is 0.0783. The molecule has 1 fully saturated rings. The van der Waals surface area contributed by atoms with Crippen LogP contribution in [0.1, 0.15) is 13.8 Å². The summed E-state index contributed by atoms with van der Waals surface area (Å²) in [6.07, 6.45) is 0. The van der Waals surface area contributed by atoms with Gasteiger partial charge in [0.05, 0.1) is 24.7 Å². The van der Waals surface area contributed by atoms with Crippen LogP contribution in [0.15, 0.2) is 53.7 Å². The molecule has 0 saturated carbocycles. The van der Waals surface area contributed by atoms with Crippen molar-refractivity contribution in [1.82, 2.24) is 25.0 Å². The van der Waals surface area contributed by atoms with Gasteiger partial charge < -0.3 is 10.1 Å². The van der Waals surface area contributed by atoms with E-state index in [4.69, 9.17) is 4.74 Å². The number of thioether (sulfide) groups is 1. The lowest BCUT2D eigenvalue weighted by Gasteiger charge is -2.40. The molecule has 0 bridgehead atoms. The Balaban J connectivity index is 1.49. The van der Waals surface area contributed by atoms with E-state index < -0.39 is 11.6 Å².